The molecule has 1 aromatic rings. The van der Waals surface area contributed by atoms with Crippen molar-refractivity contribution in [2.24, 2.45) is 0 Å². The molecule has 1 aliphatic heterocycles. The van der Waals surface area contributed by atoms with Crippen molar-refractivity contribution in [2.45, 2.75) is 63.8 Å². The lowest BCUT2D eigenvalue weighted by atomic mass is 9.94. The molecule has 0 radical (unpaired) electrons. The van der Waals surface area contributed by atoms with Crippen molar-refractivity contribution in [3.05, 3.63) is 22.7 Å². The number of halogens is 2. The molecule has 1 fully saturated rings. The fraction of sp³-hybridized carbons (Fsp3) is 0.556. The molecule has 0 amide bonds. The van der Waals surface area contributed by atoms with Crippen molar-refractivity contribution >= 4 is 29.4 Å². The Balaban J connectivity index is 2.55. The van der Waals surface area contributed by atoms with E-state index in [0.717, 1.165) is 4.57 Å². The fourth-order valence-corrected chi connectivity index (χ4v) is 3.01. The normalized spacial score (nSPS) is 26.9. The lowest BCUT2D eigenvalue weighted by Crippen LogP contribution is -2.48. The molecule has 1 aromatic heterocycles. The van der Waals surface area contributed by atoms with Crippen molar-refractivity contribution < 1.29 is 28.2 Å². The second kappa shape index (κ2) is 9.24. The Morgan fingerprint density at radius 3 is 2.66 bits per heavy atom. The number of nitrogens with two attached hydrogens (primary N) is 1. The zero-order valence-electron chi connectivity index (χ0n) is 16.1. The molecule has 1 aliphatic rings. The van der Waals surface area contributed by atoms with Crippen LogP contribution in [0.15, 0.2) is 17.1 Å². The van der Waals surface area contributed by atoms with Gasteiger partial charge in [0.25, 0.3) is 5.67 Å². The van der Waals surface area contributed by atoms with Crippen molar-refractivity contribution in [3.63, 3.8) is 0 Å². The highest BCUT2D eigenvalue weighted by Crippen LogP contribution is 2.44. The van der Waals surface area contributed by atoms with E-state index in [1.165, 1.54) is 26.1 Å². The van der Waals surface area contributed by atoms with Crippen molar-refractivity contribution in [1.82, 2.24) is 9.55 Å². The molecule has 158 valence electrons. The molecule has 2 rings (SSSR count). The highest BCUT2D eigenvalue weighted by atomic mass is 35.5. The quantitative estimate of drug-likeness (QED) is 0.530. The average molecular weight is 430 g/mol. The third-order valence-corrected chi connectivity index (χ3v) is 4.41. The molecule has 11 heteroatoms. The maximum atomic E-state index is 16.1. The summed E-state index contributed by atoms with van der Waals surface area (Å²) in [6.07, 6.45) is -4.41. The molecule has 1 unspecified atom stereocenters. The Hall–Kier alpha value is -2.64. The first-order valence-electron chi connectivity index (χ1n) is 8.88. The third kappa shape index (κ3) is 4.68. The predicted molar refractivity (Wildman–Crippen MR) is 100 cm³/mol. The van der Waals surface area contributed by atoms with Gasteiger partial charge in [0, 0.05) is 24.4 Å². The number of carbonyl (C=O) groups excluding carboxylic acids is 2. The van der Waals surface area contributed by atoms with Gasteiger partial charge < -0.3 is 19.9 Å². The summed E-state index contributed by atoms with van der Waals surface area (Å²) < 4.78 is 33.1. The van der Waals surface area contributed by atoms with Crippen molar-refractivity contribution in [1.29, 1.82) is 0 Å². The summed E-state index contributed by atoms with van der Waals surface area (Å²) in [7, 11) is 0. The number of nitrogens with zero attached hydrogens (tertiary/aromatic N) is 2. The first kappa shape index (κ1) is 22.6. The van der Waals surface area contributed by atoms with E-state index >= 15 is 4.39 Å². The van der Waals surface area contributed by atoms with Crippen LogP contribution in [0.4, 0.5) is 10.2 Å². The highest BCUT2D eigenvalue weighted by molar-refractivity contribution is 6.30. The summed E-state index contributed by atoms with van der Waals surface area (Å²) in [5.41, 5.74) is 1.83. The van der Waals surface area contributed by atoms with Crippen molar-refractivity contribution in [3.8, 4) is 11.3 Å². The minimum absolute atomic E-state index is 0.0508. The number of anilines is 1. The molecular formula is C18H21ClFN3O6. The molecule has 9 nitrogen and oxygen atoms in total. The molecule has 0 saturated carbocycles. The summed E-state index contributed by atoms with van der Waals surface area (Å²) in [6, 6.07) is 1.26. The molecule has 0 spiro atoms. The molecule has 0 aliphatic carbocycles. The zero-order chi connectivity index (χ0) is 21.8. The second-order valence-corrected chi connectivity index (χ2v) is 6.48. The van der Waals surface area contributed by atoms with Crippen LogP contribution in [-0.2, 0) is 23.8 Å². The van der Waals surface area contributed by atoms with E-state index in [1.807, 2.05) is 5.38 Å². The van der Waals surface area contributed by atoms with Crippen LogP contribution in [0.5, 0.6) is 0 Å². The maximum absolute atomic E-state index is 16.1. The number of rotatable bonds is 6. The number of aromatic nitrogens is 2. The number of hydrogen-bond acceptors (Lipinski definition) is 8. The van der Waals surface area contributed by atoms with Gasteiger partial charge in [0.1, 0.15) is 18.0 Å². The topological polar surface area (TPSA) is 123 Å². The van der Waals surface area contributed by atoms with Gasteiger partial charge in [-0.2, -0.15) is 4.98 Å². The first-order valence-corrected chi connectivity index (χ1v) is 9.26. The van der Waals surface area contributed by atoms with Crippen molar-refractivity contribution in [2.75, 3.05) is 5.73 Å². The van der Waals surface area contributed by atoms with E-state index in [1.54, 1.807) is 6.92 Å². The van der Waals surface area contributed by atoms with E-state index < -0.39 is 47.8 Å². The molecular weight excluding hydrogens is 409 g/mol. The highest BCUT2D eigenvalue weighted by Gasteiger charge is 2.62. The Morgan fingerprint density at radius 1 is 1.45 bits per heavy atom. The van der Waals surface area contributed by atoms with Gasteiger partial charge in [-0.1, -0.05) is 13.8 Å². The van der Waals surface area contributed by atoms with E-state index in [9.17, 15) is 14.4 Å². The Labute approximate surface area is 171 Å². The minimum Gasteiger partial charge on any atom is -0.460 e. The number of alkyl halides is 1. The van der Waals surface area contributed by atoms with Crippen LogP contribution in [0.2, 0.25) is 0 Å². The van der Waals surface area contributed by atoms with Crippen LogP contribution in [0.3, 0.4) is 0 Å². The summed E-state index contributed by atoms with van der Waals surface area (Å²) in [4.78, 5) is 39.4. The molecule has 2 N–H and O–H groups in total. The van der Waals surface area contributed by atoms with Crippen LogP contribution >= 0.6 is 11.6 Å². The number of ether oxygens (including phenoxy) is 3. The van der Waals surface area contributed by atoms with Gasteiger partial charge in [0.2, 0.25) is 0 Å². The molecule has 5 atom stereocenters. The van der Waals surface area contributed by atoms with Gasteiger partial charge >= 0.3 is 17.6 Å². The standard InChI is InChI=1S/C18H21ClFN3O6/c1-4-12(24)27-10(3)14-15(28-13(25)5-2)18(20,7-8-19)16(29-14)23-9-6-11(21)22-17(23)26/h6,9-10,14-16H,4-5H2,1-3H3,(H2,21,22,26)/t10?,14-,15-,16-,18-/m1/s1. The van der Waals surface area contributed by atoms with E-state index in [-0.39, 0.29) is 18.7 Å². The third-order valence-electron chi connectivity index (χ3n) is 4.32. The lowest BCUT2D eigenvalue weighted by molar-refractivity contribution is -0.167. The first-order chi connectivity index (χ1) is 13.7. The van der Waals surface area contributed by atoms with Gasteiger partial charge in [-0.15, -0.1) is 0 Å². The van der Waals surface area contributed by atoms with Gasteiger partial charge in [0.05, 0.1) is 0 Å². The molecule has 29 heavy (non-hydrogen) atoms. The second-order valence-electron chi connectivity index (χ2n) is 6.30. The summed E-state index contributed by atoms with van der Waals surface area (Å²) in [6.45, 7) is 4.55. The van der Waals surface area contributed by atoms with E-state index in [4.69, 9.17) is 31.5 Å². The predicted octanol–water partition coefficient (Wildman–Crippen LogP) is 1.29. The monoisotopic (exact) mass is 429 g/mol. The van der Waals surface area contributed by atoms with Crippen LogP contribution in [0.1, 0.15) is 39.8 Å². The van der Waals surface area contributed by atoms with Gasteiger partial charge in [-0.3, -0.25) is 14.2 Å². The Kier molecular flexibility index (Phi) is 7.21. The Bertz CT molecular complexity index is 898. The molecule has 2 heterocycles. The number of hydrogen-bond donors (Lipinski definition) is 1. The number of esters is 2. The van der Waals surface area contributed by atoms with Gasteiger partial charge in [-0.25, -0.2) is 9.18 Å². The summed E-state index contributed by atoms with van der Waals surface area (Å²) in [5.74, 6) is 0.752. The van der Waals surface area contributed by atoms with E-state index in [0.29, 0.717) is 0 Å². The van der Waals surface area contributed by atoms with Gasteiger partial charge in [-0.05, 0) is 30.5 Å². The SMILES string of the molecule is CCC(=O)OC(C)[C@H]1O[C@@H](n2ccc(N)nc2=O)[C@@](F)(C#CCl)[C@@H]1OC(=O)CC. The Morgan fingerprint density at radius 2 is 2.10 bits per heavy atom. The fourth-order valence-electron chi connectivity index (χ4n) is 2.87. The van der Waals surface area contributed by atoms with Gasteiger partial charge in [0.15, 0.2) is 12.3 Å². The molecule has 0 aromatic carbocycles. The van der Waals surface area contributed by atoms with Crippen LogP contribution < -0.4 is 11.4 Å². The van der Waals surface area contributed by atoms with Crippen LogP contribution in [0, 0.1) is 11.3 Å². The molecule has 0 bridgehead atoms. The average Bonchev–Trinajstić information content (AvgIpc) is 2.94. The van der Waals surface area contributed by atoms with E-state index in [2.05, 4.69) is 10.9 Å². The van der Waals surface area contributed by atoms with Crippen LogP contribution in [0.25, 0.3) is 0 Å². The minimum atomic E-state index is -2.73. The zero-order valence-corrected chi connectivity index (χ0v) is 16.8. The summed E-state index contributed by atoms with van der Waals surface area (Å²) in [5, 5.41) is 1.92. The van der Waals surface area contributed by atoms with Crippen LogP contribution in [-0.4, -0.2) is 45.5 Å². The summed E-state index contributed by atoms with van der Waals surface area (Å²) >= 11 is 5.45. The smallest absolute Gasteiger partial charge is 0.351 e. The number of carbonyl (C=O) groups is 2. The maximum Gasteiger partial charge on any atom is 0.351 e. The largest absolute Gasteiger partial charge is 0.460 e. The number of nitrogen functional groups attached to an aromatic ring is 1. The lowest BCUT2D eigenvalue weighted by Gasteiger charge is -2.28. The molecule has 1 saturated heterocycles.